The van der Waals surface area contributed by atoms with Crippen molar-refractivity contribution in [2.45, 2.75) is 6.92 Å². The van der Waals surface area contributed by atoms with E-state index in [1.54, 1.807) is 12.1 Å². The lowest BCUT2D eigenvalue weighted by atomic mass is 10.1. The number of aryl methyl sites for hydroxylation is 1. The van der Waals surface area contributed by atoms with Crippen LogP contribution in [0.15, 0.2) is 36.4 Å². The Labute approximate surface area is 110 Å². The Morgan fingerprint density at radius 2 is 2.16 bits per heavy atom. The summed E-state index contributed by atoms with van der Waals surface area (Å²) in [6.45, 7) is 1.82. The molecule has 1 aromatic carbocycles. The number of aromatic hydroxyl groups is 1. The first-order valence-corrected chi connectivity index (χ1v) is 5.58. The molecular formula is C14H11N3O2. The molecule has 0 atom stereocenters. The van der Waals surface area contributed by atoms with Gasteiger partial charge in [0.2, 0.25) is 0 Å². The van der Waals surface area contributed by atoms with Gasteiger partial charge >= 0.3 is 0 Å². The minimum absolute atomic E-state index is 0.0600. The van der Waals surface area contributed by atoms with Crippen LogP contribution in [0.25, 0.3) is 0 Å². The van der Waals surface area contributed by atoms with Gasteiger partial charge in [-0.3, -0.25) is 4.79 Å². The molecule has 0 radical (unpaired) electrons. The number of anilines is 1. The Morgan fingerprint density at radius 1 is 1.37 bits per heavy atom. The Hall–Kier alpha value is -2.87. The van der Waals surface area contributed by atoms with Gasteiger partial charge in [0.15, 0.2) is 0 Å². The lowest BCUT2D eigenvalue weighted by Crippen LogP contribution is -2.13. The van der Waals surface area contributed by atoms with Crippen LogP contribution in [0.5, 0.6) is 5.75 Å². The molecule has 5 heteroatoms. The largest absolute Gasteiger partial charge is 0.507 e. The number of carbonyl (C=O) groups is 1. The third kappa shape index (κ3) is 2.87. The monoisotopic (exact) mass is 253 g/mol. The van der Waals surface area contributed by atoms with Gasteiger partial charge in [0.1, 0.15) is 17.6 Å². The number of aromatic nitrogens is 1. The summed E-state index contributed by atoms with van der Waals surface area (Å²) in [4.78, 5) is 16.1. The van der Waals surface area contributed by atoms with E-state index < -0.39 is 0 Å². The topological polar surface area (TPSA) is 86.0 Å². The molecule has 1 amide bonds. The zero-order chi connectivity index (χ0) is 13.8. The van der Waals surface area contributed by atoms with E-state index in [9.17, 15) is 9.90 Å². The van der Waals surface area contributed by atoms with Gasteiger partial charge in [0, 0.05) is 11.3 Å². The Bertz CT molecular complexity index is 675. The van der Waals surface area contributed by atoms with Crippen LogP contribution in [0.2, 0.25) is 0 Å². The van der Waals surface area contributed by atoms with E-state index in [0.29, 0.717) is 5.82 Å². The number of benzene rings is 1. The zero-order valence-corrected chi connectivity index (χ0v) is 10.2. The maximum atomic E-state index is 12.0. The Kier molecular flexibility index (Phi) is 3.44. The quantitative estimate of drug-likeness (QED) is 0.859. The summed E-state index contributed by atoms with van der Waals surface area (Å²) in [6.07, 6.45) is 0. The third-order valence-electron chi connectivity index (χ3n) is 2.51. The Morgan fingerprint density at radius 3 is 2.84 bits per heavy atom. The predicted octanol–water partition coefficient (Wildman–Crippen LogP) is 2.22. The molecule has 2 aromatic rings. The maximum Gasteiger partial charge on any atom is 0.256 e. The smallest absolute Gasteiger partial charge is 0.256 e. The van der Waals surface area contributed by atoms with Crippen LogP contribution >= 0.6 is 0 Å². The molecule has 5 nitrogen and oxygen atoms in total. The Balaban J connectivity index is 2.23. The fraction of sp³-hybridized carbons (Fsp3) is 0.0714. The number of phenols is 1. The molecule has 19 heavy (non-hydrogen) atoms. The summed E-state index contributed by atoms with van der Waals surface area (Å²) in [7, 11) is 0. The van der Waals surface area contributed by atoms with E-state index in [0.717, 1.165) is 5.69 Å². The fourth-order valence-corrected chi connectivity index (χ4v) is 1.57. The number of rotatable bonds is 2. The van der Waals surface area contributed by atoms with Crippen LogP contribution in [-0.4, -0.2) is 16.0 Å². The van der Waals surface area contributed by atoms with Gasteiger partial charge in [-0.25, -0.2) is 4.98 Å². The summed E-state index contributed by atoms with van der Waals surface area (Å²) >= 11 is 0. The van der Waals surface area contributed by atoms with Crippen molar-refractivity contribution in [1.29, 1.82) is 5.26 Å². The van der Waals surface area contributed by atoms with Gasteiger partial charge in [-0.15, -0.1) is 0 Å². The van der Waals surface area contributed by atoms with Crippen molar-refractivity contribution in [2.24, 2.45) is 0 Å². The molecule has 0 saturated heterocycles. The first kappa shape index (κ1) is 12.6. The van der Waals surface area contributed by atoms with Crippen LogP contribution < -0.4 is 5.32 Å². The molecule has 2 rings (SSSR count). The molecule has 0 spiro atoms. The molecule has 2 N–H and O–H groups in total. The van der Waals surface area contributed by atoms with Gasteiger partial charge in [-0.05, 0) is 37.3 Å². The van der Waals surface area contributed by atoms with Crippen molar-refractivity contribution < 1.29 is 9.90 Å². The molecular weight excluding hydrogens is 242 g/mol. The average molecular weight is 253 g/mol. The highest BCUT2D eigenvalue weighted by Gasteiger charge is 2.10. The van der Waals surface area contributed by atoms with Gasteiger partial charge in [-0.2, -0.15) is 5.26 Å². The van der Waals surface area contributed by atoms with Crippen LogP contribution in [0.3, 0.4) is 0 Å². The second-order valence-electron chi connectivity index (χ2n) is 3.96. The number of nitrogens with zero attached hydrogens (tertiary/aromatic N) is 2. The summed E-state index contributed by atoms with van der Waals surface area (Å²) in [6, 6.07) is 11.2. The average Bonchev–Trinajstić information content (AvgIpc) is 2.39. The zero-order valence-electron chi connectivity index (χ0n) is 10.2. The van der Waals surface area contributed by atoms with E-state index in [2.05, 4.69) is 10.3 Å². The lowest BCUT2D eigenvalue weighted by Gasteiger charge is -2.05. The van der Waals surface area contributed by atoms with Crippen molar-refractivity contribution >= 4 is 11.7 Å². The summed E-state index contributed by atoms with van der Waals surface area (Å²) in [5.41, 5.74) is 1.14. The number of hydrogen-bond donors (Lipinski definition) is 2. The summed E-state index contributed by atoms with van der Waals surface area (Å²) < 4.78 is 0. The molecule has 0 aliphatic heterocycles. The maximum absolute atomic E-state index is 12.0. The molecule has 0 fully saturated rings. The minimum atomic E-state index is -0.380. The molecule has 0 bridgehead atoms. The second-order valence-corrected chi connectivity index (χ2v) is 3.96. The first-order chi connectivity index (χ1) is 9.10. The molecule has 0 aliphatic rings. The minimum Gasteiger partial charge on any atom is -0.507 e. The van der Waals surface area contributed by atoms with Crippen LogP contribution in [0.4, 0.5) is 5.82 Å². The highest BCUT2D eigenvalue weighted by Crippen LogP contribution is 2.18. The molecule has 0 unspecified atom stereocenters. The number of nitrogens with one attached hydrogen (secondary N) is 1. The molecule has 1 heterocycles. The van der Waals surface area contributed by atoms with Crippen molar-refractivity contribution in [3.05, 3.63) is 53.2 Å². The summed E-state index contributed by atoms with van der Waals surface area (Å²) in [5, 5.41) is 20.8. The van der Waals surface area contributed by atoms with Gasteiger partial charge in [0.25, 0.3) is 5.91 Å². The number of carbonyl (C=O) groups excluding carboxylic acids is 1. The number of phenolic OH excluding ortho intramolecular Hbond substituents is 1. The summed E-state index contributed by atoms with van der Waals surface area (Å²) in [5.74, 6) is -0.0843. The molecule has 0 saturated carbocycles. The number of pyridine rings is 1. The predicted molar refractivity (Wildman–Crippen MR) is 69.7 cm³/mol. The highest BCUT2D eigenvalue weighted by molar-refractivity contribution is 6.04. The van der Waals surface area contributed by atoms with E-state index in [4.69, 9.17) is 5.26 Å². The fourth-order valence-electron chi connectivity index (χ4n) is 1.57. The van der Waals surface area contributed by atoms with Gasteiger partial charge in [-0.1, -0.05) is 6.07 Å². The van der Waals surface area contributed by atoms with Crippen molar-refractivity contribution in [2.75, 3.05) is 5.32 Å². The number of nitriles is 1. The molecule has 94 valence electrons. The van der Waals surface area contributed by atoms with Crippen molar-refractivity contribution in [3.63, 3.8) is 0 Å². The first-order valence-electron chi connectivity index (χ1n) is 5.58. The normalized spacial score (nSPS) is 9.68. The van der Waals surface area contributed by atoms with Crippen LogP contribution in [0.1, 0.15) is 21.6 Å². The van der Waals surface area contributed by atoms with Crippen molar-refractivity contribution in [1.82, 2.24) is 4.98 Å². The number of amides is 1. The van der Waals surface area contributed by atoms with Crippen LogP contribution in [-0.2, 0) is 0 Å². The highest BCUT2D eigenvalue weighted by atomic mass is 16.3. The van der Waals surface area contributed by atoms with Crippen LogP contribution in [0, 0.1) is 18.3 Å². The van der Waals surface area contributed by atoms with E-state index in [-0.39, 0.29) is 22.8 Å². The second kappa shape index (κ2) is 5.19. The van der Waals surface area contributed by atoms with E-state index in [1.165, 1.54) is 18.2 Å². The van der Waals surface area contributed by atoms with Gasteiger partial charge in [0.05, 0.1) is 5.56 Å². The SMILES string of the molecule is Cc1cccc(NC(=O)c2ccc(O)c(C#N)c2)n1. The molecule has 0 aliphatic carbocycles. The third-order valence-corrected chi connectivity index (χ3v) is 2.51. The number of hydrogen-bond acceptors (Lipinski definition) is 4. The standard InChI is InChI=1S/C14H11N3O2/c1-9-3-2-4-13(16-9)17-14(19)10-5-6-12(18)11(7-10)8-15/h2-7,18H,1H3,(H,16,17,19). The lowest BCUT2D eigenvalue weighted by molar-refractivity contribution is 0.102. The van der Waals surface area contributed by atoms with E-state index in [1.807, 2.05) is 19.1 Å². The van der Waals surface area contributed by atoms with E-state index >= 15 is 0 Å². The van der Waals surface area contributed by atoms with Gasteiger partial charge < -0.3 is 10.4 Å². The van der Waals surface area contributed by atoms with Crippen molar-refractivity contribution in [3.8, 4) is 11.8 Å². The molecule has 1 aromatic heterocycles.